The van der Waals surface area contributed by atoms with Gasteiger partial charge in [0.1, 0.15) is 39.5 Å². The van der Waals surface area contributed by atoms with Gasteiger partial charge in [0.15, 0.2) is 0 Å². The largest absolute Gasteiger partial charge is 0.377 e. The lowest BCUT2D eigenvalue weighted by Gasteiger charge is -2.29. The molecule has 126 heavy (non-hydrogen) atoms. The van der Waals surface area contributed by atoms with E-state index in [4.69, 9.17) is 5.73 Å². The molecule has 0 aliphatic carbocycles. The summed E-state index contributed by atoms with van der Waals surface area (Å²) >= 11 is 26.3. The van der Waals surface area contributed by atoms with Crippen LogP contribution in [-0.4, -0.2) is 144 Å². The number of aromatic nitrogens is 5. The van der Waals surface area contributed by atoms with Crippen molar-refractivity contribution in [3.63, 3.8) is 0 Å². The van der Waals surface area contributed by atoms with Gasteiger partial charge in [0.2, 0.25) is 0 Å². The van der Waals surface area contributed by atoms with Crippen molar-refractivity contribution >= 4 is 230 Å². The van der Waals surface area contributed by atoms with Crippen LogP contribution in [0, 0.1) is 96.9 Å². The number of aryl methyl sites for hydroxylation is 14. The zero-order valence-corrected chi connectivity index (χ0v) is 96.7. The normalized spacial score (nSPS) is 10.7. The molecule has 22 heteroatoms. The minimum absolute atomic E-state index is 0. The van der Waals surface area contributed by atoms with Crippen molar-refractivity contribution < 1.29 is 0 Å². The van der Waals surface area contributed by atoms with E-state index in [9.17, 15) is 0 Å². The summed E-state index contributed by atoms with van der Waals surface area (Å²) in [6.45, 7) is 38.6. The van der Waals surface area contributed by atoms with Gasteiger partial charge in [-0.1, -0.05) is 270 Å². The number of pyridine rings is 1. The smallest absolute Gasteiger partial charge is 0.144 e. The molecule has 0 saturated heterocycles. The molecule has 1 aliphatic heterocycles. The highest BCUT2D eigenvalue weighted by atomic mass is 79.9. The van der Waals surface area contributed by atoms with Gasteiger partial charge in [0, 0.05) is 77.0 Å². The molecular formula is C104H144Br9N11PS+. The van der Waals surface area contributed by atoms with Crippen molar-refractivity contribution in [3.8, 4) is 11.1 Å². The van der Waals surface area contributed by atoms with Gasteiger partial charge in [-0.05, 0) is 356 Å². The van der Waals surface area contributed by atoms with E-state index in [1.54, 1.807) is 6.33 Å². The summed E-state index contributed by atoms with van der Waals surface area (Å²) in [5.41, 5.74) is 35.5. The number of nitrogens with one attached hydrogen (secondary N) is 1. The number of imidazole rings is 1. The molecule has 0 radical (unpaired) electrons. The monoisotopic (exact) mass is 2320 g/mol. The number of aromatic amines is 1. The molecule has 0 fully saturated rings. The Kier molecular flexibility index (Phi) is 67.5. The number of anilines is 2. The first kappa shape index (κ1) is 123. The second kappa shape index (κ2) is 69.4. The highest BCUT2D eigenvalue weighted by molar-refractivity contribution is 9.11. The predicted molar refractivity (Wildman–Crippen MR) is 606 cm³/mol. The highest BCUT2D eigenvalue weighted by Gasteiger charge is 2.48. The first-order chi connectivity index (χ1) is 59.8. The number of aliphatic imine (C=N–C) groups is 1. The van der Waals surface area contributed by atoms with Gasteiger partial charge >= 0.3 is 0 Å². The number of alkyl halides is 6. The number of hydrogen-bond acceptors (Lipinski definition) is 11. The number of nitrogens with zero attached hydrogens (tertiary/aromatic N) is 9. The van der Waals surface area contributed by atoms with E-state index in [-0.39, 0.29) is 23.0 Å². The minimum Gasteiger partial charge on any atom is -0.377 e. The van der Waals surface area contributed by atoms with Gasteiger partial charge in [-0.2, -0.15) is 8.75 Å². The molecule has 1 unspecified atom stereocenters. The van der Waals surface area contributed by atoms with Gasteiger partial charge in [0.25, 0.3) is 0 Å². The van der Waals surface area contributed by atoms with Gasteiger partial charge in [0.05, 0.1) is 40.8 Å². The van der Waals surface area contributed by atoms with Crippen LogP contribution in [0.1, 0.15) is 130 Å². The molecule has 1 atom stereocenters. The molecule has 13 aromatic rings. The first-order valence-corrected chi connectivity index (χ1v) is 54.6. The molecule has 1 aliphatic rings. The lowest BCUT2D eigenvalue weighted by molar-refractivity contribution is 0.505. The van der Waals surface area contributed by atoms with Crippen LogP contribution in [0.15, 0.2) is 233 Å². The summed E-state index contributed by atoms with van der Waals surface area (Å²) < 4.78 is 10.8. The molecule has 3 N–H and O–H groups in total. The predicted octanol–water partition coefficient (Wildman–Crippen LogP) is 30.4. The second-order valence-corrected chi connectivity index (χ2v) is 36.7. The van der Waals surface area contributed by atoms with Crippen molar-refractivity contribution in [2.75, 3.05) is 114 Å². The van der Waals surface area contributed by atoms with Crippen molar-refractivity contribution in [2.45, 2.75) is 143 Å². The molecule has 688 valence electrons. The topological polar surface area (TPSA) is 119 Å². The number of fused-ring (bicyclic) bond motifs is 3. The molecule has 0 spiro atoms. The van der Waals surface area contributed by atoms with E-state index < -0.39 is 7.26 Å². The summed E-state index contributed by atoms with van der Waals surface area (Å²) in [5, 5.41) is 6.78. The first-order valence-electron chi connectivity index (χ1n) is 41.5. The third-order valence-electron chi connectivity index (χ3n) is 18.6. The van der Waals surface area contributed by atoms with Crippen molar-refractivity contribution in [1.29, 1.82) is 0 Å². The number of benzene rings is 10. The molecule has 11 nitrogen and oxygen atoms in total. The maximum atomic E-state index is 5.87. The maximum Gasteiger partial charge on any atom is 0.144 e. The second-order valence-electron chi connectivity index (χ2n) is 30.3. The van der Waals surface area contributed by atoms with Crippen LogP contribution >= 0.6 is 163 Å². The standard InChI is InChI=1S/C26H24P.C14H23N.C13H12BrN.C10H14BrN.C10H12N2.C9H10N2.C8H8N2S.C3H7Br.2C3H9N.5CH3Br.BrH/c1-21-18-19-22(2)26(20-21)27(23-12-6-3-7-13-23,24-14-8-4-9-15-24)25-16-10-5-11-17-25;1-5-9-15(10-6-2)14-11-12(3)7-8-13(14)4;1-9-8-13(14)10(2)7-12(9)11-3-5-15-6-4-11;1-7-6-10(12(3)4)8(2)5-9(7)11;1-6-3-4-7(2)10-9(6)8(11)5-12-10;1-6-3-4-7(2)9-8(6)10-5-11-9;1-5-3-4-6(2)8-7(5)9-11-10-8;1-2-3-4;2*1-4(2)3;5*1-2;/h3-20H,1-2H3;7-8,11H,5-6,9-10H2,1-4H3;3-8H,1-2H3;5-6H,1-4H3;3-5,8H,11H2,1-2H3;3-5H,1-2H3,(H,10,11);3-4H,1-2H3;2-3H2,1H3;2*1-3H3;5*1H3;1H/q+1;;;;;;;;;;;;;;;. The fraction of sp³-hybridized carbons (Fsp3) is 0.356. The molecular weight excluding hydrogens is 2190 g/mol. The number of H-pyrrole nitrogens is 1. The lowest BCUT2D eigenvalue weighted by atomic mass is 9.99. The Bertz CT molecular complexity index is 4850. The van der Waals surface area contributed by atoms with Crippen LogP contribution in [0.3, 0.4) is 0 Å². The van der Waals surface area contributed by atoms with Crippen molar-refractivity contribution in [1.82, 2.24) is 33.5 Å². The average Bonchev–Trinajstić information content (AvgIpc) is 0.923. The summed E-state index contributed by atoms with van der Waals surface area (Å²) in [6.07, 6.45) is 10.9. The summed E-state index contributed by atoms with van der Waals surface area (Å²) in [6, 6.07) is 72.1. The lowest BCUT2D eigenvalue weighted by Crippen LogP contribution is -2.39. The molecule has 10 aromatic carbocycles. The Morgan fingerprint density at radius 2 is 0.802 bits per heavy atom. The summed E-state index contributed by atoms with van der Waals surface area (Å²) in [5.74, 6) is 9.06. The Hall–Kier alpha value is -5.46. The molecule has 14 rings (SSSR count). The number of rotatable bonds is 12. The fourth-order valence-corrected chi connectivity index (χ4v) is 19.0. The van der Waals surface area contributed by atoms with Crippen LogP contribution in [0.5, 0.6) is 0 Å². The zero-order valence-electron chi connectivity index (χ0n) is 80.6. The third kappa shape index (κ3) is 41.1. The number of halogens is 9. The van der Waals surface area contributed by atoms with Gasteiger partial charge < -0.3 is 30.3 Å². The van der Waals surface area contributed by atoms with Gasteiger partial charge in [-0.15, -0.1) is 17.0 Å². The van der Waals surface area contributed by atoms with Crippen LogP contribution in [0.25, 0.3) is 33.2 Å². The highest BCUT2D eigenvalue weighted by Crippen LogP contribution is 2.55. The molecule has 0 saturated carbocycles. The van der Waals surface area contributed by atoms with Crippen LogP contribution in [0.2, 0.25) is 0 Å². The van der Waals surface area contributed by atoms with Gasteiger partial charge in [-0.25, -0.2) is 4.98 Å². The number of hydrogen-bond donors (Lipinski definition) is 2. The third-order valence-corrected chi connectivity index (χ3v) is 26.1. The number of nitrogens with two attached hydrogens (primary N) is 1. The van der Waals surface area contributed by atoms with E-state index in [0.717, 1.165) is 50.6 Å². The van der Waals surface area contributed by atoms with E-state index in [0.29, 0.717) is 0 Å². The minimum atomic E-state index is -1.97. The fourth-order valence-electron chi connectivity index (χ4n) is 12.8. The van der Waals surface area contributed by atoms with E-state index in [2.05, 4.69) is 486 Å². The molecule has 4 heterocycles. The molecule has 0 amide bonds. The Labute approximate surface area is 844 Å². The van der Waals surface area contributed by atoms with Crippen molar-refractivity contribution in [2.24, 2.45) is 10.7 Å². The van der Waals surface area contributed by atoms with E-state index in [1.807, 2.05) is 112 Å². The maximum absolute atomic E-state index is 5.87. The summed E-state index contributed by atoms with van der Waals surface area (Å²) in [4.78, 5) is 24.3. The van der Waals surface area contributed by atoms with Crippen LogP contribution < -0.4 is 36.8 Å². The summed E-state index contributed by atoms with van der Waals surface area (Å²) in [7, 11) is 14.2. The van der Waals surface area contributed by atoms with E-state index >= 15 is 0 Å². The quantitative estimate of drug-likeness (QED) is 0.0910. The van der Waals surface area contributed by atoms with Crippen molar-refractivity contribution in [3.05, 3.63) is 311 Å². The SMILES string of the molecule is Br.CBr.CBr.CBr.CBr.CBr.CCCBr.CCCN(CCC)c1cc(C)ccc1C.CN(C)C.CN(C)C.Cc1cc(-c2ccncc2)c(C)cc1Br.Cc1cc(N(C)C)c(C)cc1Br.Cc1ccc(C)c([P+](c2ccccc2)(c2ccccc2)c2ccccc2)c1.Cc1ccc(C)c2[nH]cnc12.Cc1ccc(C)c2c1N=CC2N.Cc1ccc(C)c2nsnc12. The van der Waals surface area contributed by atoms with Gasteiger partial charge in [-0.3, -0.25) is 9.98 Å². The average molecular weight is 2330 g/mol. The van der Waals surface area contributed by atoms with Crippen LogP contribution in [0.4, 0.5) is 17.1 Å². The Morgan fingerprint density at radius 1 is 0.413 bits per heavy atom. The van der Waals surface area contributed by atoms with Crippen LogP contribution in [-0.2, 0) is 0 Å². The molecule has 0 bridgehead atoms. The zero-order chi connectivity index (χ0) is 95.1. The molecule has 3 aromatic heterocycles. The Morgan fingerprint density at radius 3 is 1.22 bits per heavy atom. The van der Waals surface area contributed by atoms with E-state index in [1.165, 1.54) is 163 Å². The Balaban J connectivity index is 0.